The Bertz CT molecular complexity index is 913. The predicted molar refractivity (Wildman–Crippen MR) is 118 cm³/mol. The van der Waals surface area contributed by atoms with Gasteiger partial charge in [0.2, 0.25) is 6.79 Å². The molecule has 31 heavy (non-hydrogen) atoms. The van der Waals surface area contributed by atoms with E-state index in [1.807, 2.05) is 47.4 Å². The Labute approximate surface area is 182 Å². The summed E-state index contributed by atoms with van der Waals surface area (Å²) in [5.74, 6) is 3.04. The van der Waals surface area contributed by atoms with Crippen LogP contribution in [0.5, 0.6) is 17.2 Å². The largest absolute Gasteiger partial charge is 0.493 e. The molecular weight excluding hydrogens is 394 g/mol. The monoisotopic (exact) mass is 423 g/mol. The van der Waals surface area contributed by atoms with E-state index in [2.05, 4.69) is 10.2 Å². The van der Waals surface area contributed by atoms with Crippen LogP contribution in [0, 0.1) is 5.92 Å². The van der Waals surface area contributed by atoms with Crippen molar-refractivity contribution in [2.75, 3.05) is 51.0 Å². The van der Waals surface area contributed by atoms with Crippen LogP contribution in [0.1, 0.15) is 18.4 Å². The molecule has 0 bridgehead atoms. The summed E-state index contributed by atoms with van der Waals surface area (Å²) in [6.07, 6.45) is 3.11. The van der Waals surface area contributed by atoms with E-state index >= 15 is 0 Å². The van der Waals surface area contributed by atoms with Crippen LogP contribution in [0.25, 0.3) is 0 Å². The van der Waals surface area contributed by atoms with Crippen molar-refractivity contribution in [2.45, 2.75) is 19.3 Å². The van der Waals surface area contributed by atoms with Crippen molar-refractivity contribution in [3.63, 3.8) is 0 Å². The van der Waals surface area contributed by atoms with Gasteiger partial charge in [0.05, 0.1) is 12.3 Å². The van der Waals surface area contributed by atoms with Gasteiger partial charge in [0.25, 0.3) is 0 Å². The van der Waals surface area contributed by atoms with Gasteiger partial charge in [-0.25, -0.2) is 4.79 Å². The fourth-order valence-corrected chi connectivity index (χ4v) is 4.51. The number of urea groups is 1. The molecule has 7 heteroatoms. The molecule has 1 saturated heterocycles. The molecule has 0 radical (unpaired) electrons. The standard InChI is InChI=1S/C24H29N3O4/c28-24(27-12-8-19-14-22-23(15-21(19)27)31-17-30-22)25-9-13-26-10-6-18(7-11-26)16-29-20-4-2-1-3-5-20/h1-5,14-15,18H,6-13,16-17H2,(H,25,28). The molecule has 3 aliphatic rings. The lowest BCUT2D eigenvalue weighted by Gasteiger charge is -2.32. The Balaban J connectivity index is 1.03. The fraction of sp³-hybridized carbons (Fsp3) is 0.458. The molecule has 0 saturated carbocycles. The van der Waals surface area contributed by atoms with Crippen molar-refractivity contribution >= 4 is 11.7 Å². The first-order chi connectivity index (χ1) is 15.3. The van der Waals surface area contributed by atoms with E-state index in [9.17, 15) is 4.79 Å². The number of anilines is 1. The summed E-state index contributed by atoms with van der Waals surface area (Å²) < 4.78 is 16.8. The minimum absolute atomic E-state index is 0.0382. The van der Waals surface area contributed by atoms with E-state index in [0.717, 1.165) is 74.0 Å². The number of carbonyl (C=O) groups excluding carboxylic acids is 1. The third-order valence-corrected chi connectivity index (χ3v) is 6.35. The van der Waals surface area contributed by atoms with Gasteiger partial charge < -0.3 is 24.4 Å². The Hall–Kier alpha value is -2.93. The lowest BCUT2D eigenvalue weighted by atomic mass is 9.98. The van der Waals surface area contributed by atoms with Crippen LogP contribution < -0.4 is 24.4 Å². The number of hydrogen-bond acceptors (Lipinski definition) is 5. The van der Waals surface area contributed by atoms with Gasteiger partial charge in [-0.3, -0.25) is 4.90 Å². The minimum atomic E-state index is -0.0382. The molecule has 164 valence electrons. The van der Waals surface area contributed by atoms with Crippen LogP contribution in [0.2, 0.25) is 0 Å². The first kappa shape index (κ1) is 20.0. The third-order valence-electron chi connectivity index (χ3n) is 6.35. The van der Waals surface area contributed by atoms with Gasteiger partial charge in [0.15, 0.2) is 11.5 Å². The Morgan fingerprint density at radius 2 is 1.84 bits per heavy atom. The number of hydrogen-bond donors (Lipinski definition) is 1. The van der Waals surface area contributed by atoms with Gasteiger partial charge in [0.1, 0.15) is 5.75 Å². The highest BCUT2D eigenvalue weighted by Gasteiger charge is 2.28. The molecule has 3 heterocycles. The number of piperidine rings is 1. The summed E-state index contributed by atoms with van der Waals surface area (Å²) >= 11 is 0. The van der Waals surface area contributed by atoms with Crippen molar-refractivity contribution in [1.82, 2.24) is 10.2 Å². The van der Waals surface area contributed by atoms with E-state index in [1.54, 1.807) is 0 Å². The molecule has 0 aliphatic carbocycles. The smallest absolute Gasteiger partial charge is 0.321 e. The highest BCUT2D eigenvalue weighted by atomic mass is 16.7. The number of ether oxygens (including phenoxy) is 3. The summed E-state index contributed by atoms with van der Waals surface area (Å²) in [6, 6.07) is 13.9. The number of fused-ring (bicyclic) bond motifs is 2. The van der Waals surface area contributed by atoms with Crippen LogP contribution >= 0.6 is 0 Å². The third kappa shape index (κ3) is 4.56. The lowest BCUT2D eigenvalue weighted by Crippen LogP contribution is -2.44. The molecule has 0 unspecified atom stereocenters. The molecular formula is C24H29N3O4. The van der Waals surface area contributed by atoms with Crippen molar-refractivity contribution in [3.05, 3.63) is 48.0 Å². The fourth-order valence-electron chi connectivity index (χ4n) is 4.51. The Morgan fingerprint density at radius 1 is 1.06 bits per heavy atom. The van der Waals surface area contributed by atoms with Gasteiger partial charge in [-0.2, -0.15) is 0 Å². The molecule has 3 aliphatic heterocycles. The van der Waals surface area contributed by atoms with E-state index in [4.69, 9.17) is 14.2 Å². The van der Waals surface area contributed by atoms with Crippen LogP contribution in [0.4, 0.5) is 10.5 Å². The second-order valence-electron chi connectivity index (χ2n) is 8.38. The number of carbonyl (C=O) groups is 1. The summed E-state index contributed by atoms with van der Waals surface area (Å²) in [5, 5.41) is 3.09. The Kier molecular flexibility index (Phi) is 5.84. The van der Waals surface area contributed by atoms with Gasteiger partial charge in [-0.1, -0.05) is 18.2 Å². The minimum Gasteiger partial charge on any atom is -0.493 e. The second kappa shape index (κ2) is 9.06. The SMILES string of the molecule is O=C(NCCN1CCC(COc2ccccc2)CC1)N1CCc2cc3c(cc21)OCO3. The highest BCUT2D eigenvalue weighted by Crippen LogP contribution is 2.41. The maximum absolute atomic E-state index is 12.7. The topological polar surface area (TPSA) is 63.3 Å². The van der Waals surface area contributed by atoms with Crippen LogP contribution in [0.15, 0.2) is 42.5 Å². The molecule has 7 nitrogen and oxygen atoms in total. The molecule has 0 atom stereocenters. The average molecular weight is 424 g/mol. The van der Waals surface area contributed by atoms with Crippen molar-refractivity contribution in [3.8, 4) is 17.2 Å². The molecule has 1 N–H and O–H groups in total. The number of para-hydroxylation sites is 1. The molecule has 0 aromatic heterocycles. The first-order valence-corrected chi connectivity index (χ1v) is 11.1. The van der Waals surface area contributed by atoms with Gasteiger partial charge in [-0.15, -0.1) is 0 Å². The zero-order valence-electron chi connectivity index (χ0n) is 17.7. The quantitative estimate of drug-likeness (QED) is 0.773. The number of nitrogens with zero attached hydrogens (tertiary/aromatic N) is 2. The van der Waals surface area contributed by atoms with Crippen LogP contribution in [-0.2, 0) is 6.42 Å². The van der Waals surface area contributed by atoms with E-state index in [1.165, 1.54) is 0 Å². The molecule has 2 aromatic rings. The molecule has 0 spiro atoms. The van der Waals surface area contributed by atoms with Gasteiger partial charge in [0, 0.05) is 25.7 Å². The number of benzene rings is 2. The zero-order valence-corrected chi connectivity index (χ0v) is 17.7. The average Bonchev–Trinajstić information content (AvgIpc) is 3.44. The molecule has 2 aromatic carbocycles. The van der Waals surface area contributed by atoms with Crippen molar-refractivity contribution < 1.29 is 19.0 Å². The van der Waals surface area contributed by atoms with Gasteiger partial charge >= 0.3 is 6.03 Å². The summed E-state index contributed by atoms with van der Waals surface area (Å²) in [6.45, 7) is 5.35. The molecule has 2 amide bonds. The lowest BCUT2D eigenvalue weighted by molar-refractivity contribution is 0.142. The summed E-state index contributed by atoms with van der Waals surface area (Å²) in [4.78, 5) is 17.0. The number of amides is 2. The van der Waals surface area contributed by atoms with E-state index in [-0.39, 0.29) is 12.8 Å². The maximum Gasteiger partial charge on any atom is 0.321 e. The first-order valence-electron chi connectivity index (χ1n) is 11.1. The number of rotatable bonds is 6. The predicted octanol–water partition coefficient (Wildman–Crippen LogP) is 3.28. The van der Waals surface area contributed by atoms with Crippen LogP contribution in [-0.4, -0.2) is 57.1 Å². The van der Waals surface area contributed by atoms with Gasteiger partial charge in [-0.05, 0) is 62.0 Å². The highest BCUT2D eigenvalue weighted by molar-refractivity contribution is 5.94. The number of likely N-dealkylation sites (tertiary alicyclic amines) is 1. The molecule has 1 fully saturated rings. The number of nitrogens with one attached hydrogen (secondary N) is 1. The second-order valence-corrected chi connectivity index (χ2v) is 8.38. The maximum atomic E-state index is 12.7. The normalized spacial score (nSPS) is 18.1. The zero-order chi connectivity index (χ0) is 21.0. The van der Waals surface area contributed by atoms with E-state index < -0.39 is 0 Å². The summed E-state index contributed by atoms with van der Waals surface area (Å²) in [5.41, 5.74) is 2.07. The molecule has 5 rings (SSSR count). The summed E-state index contributed by atoms with van der Waals surface area (Å²) in [7, 11) is 0. The van der Waals surface area contributed by atoms with Crippen molar-refractivity contribution in [1.29, 1.82) is 0 Å². The van der Waals surface area contributed by atoms with E-state index in [0.29, 0.717) is 19.0 Å². The van der Waals surface area contributed by atoms with Crippen LogP contribution in [0.3, 0.4) is 0 Å². The van der Waals surface area contributed by atoms with Crippen molar-refractivity contribution in [2.24, 2.45) is 5.92 Å². The Morgan fingerprint density at radius 3 is 2.65 bits per heavy atom.